The maximum absolute atomic E-state index is 5.76. The van der Waals surface area contributed by atoms with E-state index in [0.717, 1.165) is 26.1 Å². The Morgan fingerprint density at radius 1 is 1.59 bits per heavy atom. The van der Waals surface area contributed by atoms with Gasteiger partial charge in [-0.05, 0) is 44.7 Å². The number of aryl methyl sites for hydroxylation is 1. The summed E-state index contributed by atoms with van der Waals surface area (Å²) in [6, 6.07) is 0. The minimum absolute atomic E-state index is 0.692. The number of likely N-dealkylation sites (tertiary alicyclic amines) is 1. The van der Waals surface area contributed by atoms with Crippen LogP contribution in [0.3, 0.4) is 0 Å². The van der Waals surface area contributed by atoms with Gasteiger partial charge in [-0.25, -0.2) is 4.98 Å². The maximum Gasteiger partial charge on any atom is 0.0928 e. The molecule has 1 unspecified atom stereocenters. The SMILES string of the molecule is CCCc1nc(CN2CCCC(CN)C2)cs1. The van der Waals surface area contributed by atoms with Crippen molar-refractivity contribution in [2.45, 2.75) is 39.2 Å². The average Bonchev–Trinajstić information content (AvgIpc) is 2.77. The molecular formula is C13H23N3S. The summed E-state index contributed by atoms with van der Waals surface area (Å²) >= 11 is 1.81. The number of nitrogens with two attached hydrogens (primary N) is 1. The summed E-state index contributed by atoms with van der Waals surface area (Å²) in [5.41, 5.74) is 7.01. The molecule has 1 aromatic heterocycles. The monoisotopic (exact) mass is 253 g/mol. The maximum atomic E-state index is 5.76. The first-order valence-electron chi connectivity index (χ1n) is 6.67. The third kappa shape index (κ3) is 3.76. The predicted molar refractivity (Wildman–Crippen MR) is 73.2 cm³/mol. The first-order valence-corrected chi connectivity index (χ1v) is 7.55. The highest BCUT2D eigenvalue weighted by Crippen LogP contribution is 2.19. The molecule has 4 heteroatoms. The molecule has 1 fully saturated rings. The Labute approximate surface area is 108 Å². The first kappa shape index (κ1) is 13.0. The van der Waals surface area contributed by atoms with Gasteiger partial charge in [-0.1, -0.05) is 6.92 Å². The van der Waals surface area contributed by atoms with Crippen LogP contribution in [0.1, 0.15) is 36.9 Å². The van der Waals surface area contributed by atoms with E-state index in [2.05, 4.69) is 17.2 Å². The van der Waals surface area contributed by atoms with Crippen molar-refractivity contribution in [2.24, 2.45) is 11.7 Å². The number of hydrogen-bond donors (Lipinski definition) is 1. The lowest BCUT2D eigenvalue weighted by Gasteiger charge is -2.31. The van der Waals surface area contributed by atoms with Crippen molar-refractivity contribution < 1.29 is 0 Å². The summed E-state index contributed by atoms with van der Waals surface area (Å²) in [6.07, 6.45) is 4.89. The molecule has 0 spiro atoms. The van der Waals surface area contributed by atoms with Gasteiger partial charge in [0, 0.05) is 18.5 Å². The second-order valence-corrected chi connectivity index (χ2v) is 5.90. The molecule has 3 nitrogen and oxygen atoms in total. The van der Waals surface area contributed by atoms with Crippen molar-refractivity contribution in [1.29, 1.82) is 0 Å². The Bertz CT molecular complexity index is 337. The van der Waals surface area contributed by atoms with Gasteiger partial charge in [0.1, 0.15) is 0 Å². The largest absolute Gasteiger partial charge is 0.330 e. The molecule has 0 amide bonds. The summed E-state index contributed by atoms with van der Waals surface area (Å²) in [5, 5.41) is 3.51. The van der Waals surface area contributed by atoms with E-state index in [4.69, 9.17) is 10.7 Å². The Hall–Kier alpha value is -0.450. The molecule has 0 aromatic carbocycles. The molecule has 0 saturated carbocycles. The van der Waals surface area contributed by atoms with Gasteiger partial charge < -0.3 is 5.73 Å². The summed E-state index contributed by atoms with van der Waals surface area (Å²) < 4.78 is 0. The molecule has 0 bridgehead atoms. The minimum atomic E-state index is 0.692. The minimum Gasteiger partial charge on any atom is -0.330 e. The zero-order valence-corrected chi connectivity index (χ0v) is 11.5. The quantitative estimate of drug-likeness (QED) is 0.875. The van der Waals surface area contributed by atoms with E-state index in [1.165, 1.54) is 36.5 Å². The third-order valence-corrected chi connectivity index (χ3v) is 4.34. The topological polar surface area (TPSA) is 42.2 Å². The fourth-order valence-corrected chi connectivity index (χ4v) is 3.36. The van der Waals surface area contributed by atoms with E-state index in [1.54, 1.807) is 11.3 Å². The second kappa shape index (κ2) is 6.47. The summed E-state index contributed by atoms with van der Waals surface area (Å²) in [6.45, 7) is 6.40. The van der Waals surface area contributed by atoms with Crippen LogP contribution in [0.4, 0.5) is 0 Å². The van der Waals surface area contributed by atoms with Gasteiger partial charge in [-0.15, -0.1) is 11.3 Å². The fourth-order valence-electron chi connectivity index (χ4n) is 2.47. The van der Waals surface area contributed by atoms with Crippen LogP contribution in [0, 0.1) is 5.92 Å². The highest BCUT2D eigenvalue weighted by atomic mass is 32.1. The van der Waals surface area contributed by atoms with Crippen molar-refractivity contribution in [3.63, 3.8) is 0 Å². The zero-order valence-electron chi connectivity index (χ0n) is 10.7. The third-order valence-electron chi connectivity index (χ3n) is 3.39. The van der Waals surface area contributed by atoms with E-state index in [-0.39, 0.29) is 0 Å². The molecule has 0 radical (unpaired) electrons. The normalized spacial score (nSPS) is 21.9. The molecule has 1 aliphatic rings. The van der Waals surface area contributed by atoms with Crippen LogP contribution in [0.25, 0.3) is 0 Å². The number of rotatable bonds is 5. The summed E-state index contributed by atoms with van der Waals surface area (Å²) in [7, 11) is 0. The van der Waals surface area contributed by atoms with Crippen LogP contribution < -0.4 is 5.73 Å². The Morgan fingerprint density at radius 3 is 3.24 bits per heavy atom. The Morgan fingerprint density at radius 2 is 2.47 bits per heavy atom. The first-order chi connectivity index (χ1) is 8.31. The second-order valence-electron chi connectivity index (χ2n) is 4.96. The van der Waals surface area contributed by atoms with Gasteiger partial charge in [0.25, 0.3) is 0 Å². The van der Waals surface area contributed by atoms with Crippen LogP contribution in [-0.4, -0.2) is 29.5 Å². The van der Waals surface area contributed by atoms with Gasteiger partial charge in [-0.3, -0.25) is 4.90 Å². The van der Waals surface area contributed by atoms with Gasteiger partial charge in [0.05, 0.1) is 10.7 Å². The standard InChI is InChI=1S/C13H23N3S/c1-2-4-13-15-12(10-17-13)9-16-6-3-5-11(7-14)8-16/h10-11H,2-9,14H2,1H3. The predicted octanol–water partition coefficient (Wildman–Crippen LogP) is 2.27. The van der Waals surface area contributed by atoms with Crippen molar-refractivity contribution in [2.75, 3.05) is 19.6 Å². The molecule has 2 rings (SSSR count). The molecule has 1 atom stereocenters. The van der Waals surface area contributed by atoms with Crippen LogP contribution in [-0.2, 0) is 13.0 Å². The number of thiazole rings is 1. The average molecular weight is 253 g/mol. The fraction of sp³-hybridized carbons (Fsp3) is 0.769. The Kier molecular flexibility index (Phi) is 4.95. The van der Waals surface area contributed by atoms with Gasteiger partial charge in [-0.2, -0.15) is 0 Å². The molecule has 1 saturated heterocycles. The Balaban J connectivity index is 1.86. The van der Waals surface area contributed by atoms with E-state index in [1.807, 2.05) is 0 Å². The highest BCUT2D eigenvalue weighted by Gasteiger charge is 2.19. The van der Waals surface area contributed by atoms with E-state index in [9.17, 15) is 0 Å². The lowest BCUT2D eigenvalue weighted by Crippen LogP contribution is -2.37. The van der Waals surface area contributed by atoms with Crippen molar-refractivity contribution in [1.82, 2.24) is 9.88 Å². The number of aromatic nitrogens is 1. The number of piperidine rings is 1. The van der Waals surface area contributed by atoms with Crippen LogP contribution in [0.2, 0.25) is 0 Å². The summed E-state index contributed by atoms with van der Waals surface area (Å²) in [5.74, 6) is 0.692. The van der Waals surface area contributed by atoms with Gasteiger partial charge in [0.2, 0.25) is 0 Å². The van der Waals surface area contributed by atoms with Crippen molar-refractivity contribution in [3.8, 4) is 0 Å². The molecular weight excluding hydrogens is 230 g/mol. The van der Waals surface area contributed by atoms with Crippen LogP contribution in [0.15, 0.2) is 5.38 Å². The highest BCUT2D eigenvalue weighted by molar-refractivity contribution is 7.09. The zero-order chi connectivity index (χ0) is 12.1. The van der Waals surface area contributed by atoms with Crippen molar-refractivity contribution >= 4 is 11.3 Å². The van der Waals surface area contributed by atoms with E-state index < -0.39 is 0 Å². The van der Waals surface area contributed by atoms with E-state index in [0.29, 0.717) is 5.92 Å². The molecule has 1 aromatic rings. The lowest BCUT2D eigenvalue weighted by atomic mass is 9.98. The number of nitrogens with zero attached hydrogens (tertiary/aromatic N) is 2. The molecule has 96 valence electrons. The van der Waals surface area contributed by atoms with Gasteiger partial charge >= 0.3 is 0 Å². The molecule has 17 heavy (non-hydrogen) atoms. The van der Waals surface area contributed by atoms with Gasteiger partial charge in [0.15, 0.2) is 0 Å². The smallest absolute Gasteiger partial charge is 0.0928 e. The van der Waals surface area contributed by atoms with Crippen molar-refractivity contribution in [3.05, 3.63) is 16.1 Å². The molecule has 2 N–H and O–H groups in total. The molecule has 1 aliphatic heterocycles. The van der Waals surface area contributed by atoms with E-state index >= 15 is 0 Å². The molecule has 2 heterocycles. The van der Waals surface area contributed by atoms with Crippen LogP contribution >= 0.6 is 11.3 Å². The number of hydrogen-bond acceptors (Lipinski definition) is 4. The summed E-state index contributed by atoms with van der Waals surface area (Å²) in [4.78, 5) is 7.20. The van der Waals surface area contributed by atoms with Crippen LogP contribution in [0.5, 0.6) is 0 Å². The lowest BCUT2D eigenvalue weighted by molar-refractivity contribution is 0.169. The molecule has 0 aliphatic carbocycles.